The zero-order valence-electron chi connectivity index (χ0n) is 10.0. The Morgan fingerprint density at radius 3 is 3.19 bits per heavy atom. The lowest BCUT2D eigenvalue weighted by atomic mass is 10.0. The summed E-state index contributed by atoms with van der Waals surface area (Å²) >= 11 is 0. The van der Waals surface area contributed by atoms with Gasteiger partial charge in [-0.05, 0) is 37.4 Å². The van der Waals surface area contributed by atoms with Crippen molar-refractivity contribution >= 4 is 5.69 Å². The Labute approximate surface area is 97.7 Å². The van der Waals surface area contributed by atoms with Gasteiger partial charge in [0.1, 0.15) is 0 Å². The van der Waals surface area contributed by atoms with Gasteiger partial charge in [-0.1, -0.05) is 13.3 Å². The number of hydrogen-bond donors (Lipinski definition) is 1. The number of pyridine rings is 1. The minimum Gasteiger partial charge on any atom is -0.399 e. The number of likely N-dealkylation sites (tertiary alicyclic amines) is 1. The summed E-state index contributed by atoms with van der Waals surface area (Å²) in [5.41, 5.74) is 7.66. The van der Waals surface area contributed by atoms with E-state index in [1.54, 1.807) is 6.20 Å². The molecule has 16 heavy (non-hydrogen) atoms. The molecule has 1 aliphatic rings. The van der Waals surface area contributed by atoms with Gasteiger partial charge in [0.05, 0.1) is 5.69 Å². The zero-order chi connectivity index (χ0) is 11.4. The Hall–Kier alpha value is -1.09. The van der Waals surface area contributed by atoms with Crippen molar-refractivity contribution in [3.05, 3.63) is 24.0 Å². The molecule has 1 unspecified atom stereocenters. The van der Waals surface area contributed by atoms with E-state index in [0.717, 1.165) is 23.8 Å². The normalized spacial score (nSPS) is 21.4. The smallest absolute Gasteiger partial charge is 0.0564 e. The van der Waals surface area contributed by atoms with Crippen molar-refractivity contribution in [2.75, 3.05) is 18.8 Å². The van der Waals surface area contributed by atoms with Crippen LogP contribution in [0, 0.1) is 5.92 Å². The molecule has 2 N–H and O–H groups in total. The molecule has 0 spiro atoms. The summed E-state index contributed by atoms with van der Waals surface area (Å²) < 4.78 is 0. The molecule has 1 atom stereocenters. The van der Waals surface area contributed by atoms with Crippen LogP contribution in [-0.4, -0.2) is 23.0 Å². The van der Waals surface area contributed by atoms with E-state index in [0.29, 0.717) is 0 Å². The van der Waals surface area contributed by atoms with Crippen LogP contribution < -0.4 is 5.73 Å². The van der Waals surface area contributed by atoms with Gasteiger partial charge in [-0.25, -0.2) is 0 Å². The first-order valence-corrected chi connectivity index (χ1v) is 6.20. The maximum Gasteiger partial charge on any atom is 0.0564 e. The lowest BCUT2D eigenvalue weighted by Crippen LogP contribution is -2.20. The van der Waals surface area contributed by atoms with Crippen molar-refractivity contribution in [3.8, 4) is 0 Å². The lowest BCUT2D eigenvalue weighted by molar-refractivity contribution is 0.309. The van der Waals surface area contributed by atoms with E-state index >= 15 is 0 Å². The molecule has 0 amide bonds. The van der Waals surface area contributed by atoms with Crippen LogP contribution in [-0.2, 0) is 6.54 Å². The number of nitrogens with zero attached hydrogens (tertiary/aromatic N) is 2. The van der Waals surface area contributed by atoms with Gasteiger partial charge < -0.3 is 5.73 Å². The van der Waals surface area contributed by atoms with Crippen molar-refractivity contribution in [3.63, 3.8) is 0 Å². The van der Waals surface area contributed by atoms with Gasteiger partial charge in [0, 0.05) is 25.0 Å². The molecular formula is C13H21N3. The quantitative estimate of drug-likeness (QED) is 0.844. The summed E-state index contributed by atoms with van der Waals surface area (Å²) in [6.07, 6.45) is 5.80. The third-order valence-electron chi connectivity index (χ3n) is 3.29. The van der Waals surface area contributed by atoms with E-state index in [-0.39, 0.29) is 0 Å². The second kappa shape index (κ2) is 5.30. The Bertz CT molecular complexity index is 338. The highest BCUT2D eigenvalue weighted by Crippen LogP contribution is 2.22. The van der Waals surface area contributed by atoms with Crippen LogP contribution in [0.2, 0.25) is 0 Å². The lowest BCUT2D eigenvalue weighted by Gasteiger charge is -2.15. The molecule has 1 aromatic heterocycles. The summed E-state index contributed by atoms with van der Waals surface area (Å²) in [5, 5.41) is 0. The molecule has 1 fully saturated rings. The number of nitrogen functional groups attached to an aromatic ring is 1. The molecule has 0 radical (unpaired) electrons. The number of hydrogen-bond acceptors (Lipinski definition) is 3. The number of aromatic nitrogens is 1. The van der Waals surface area contributed by atoms with E-state index in [1.807, 2.05) is 12.1 Å². The second-order valence-electron chi connectivity index (χ2n) is 4.76. The van der Waals surface area contributed by atoms with Gasteiger partial charge in [0.15, 0.2) is 0 Å². The molecule has 2 rings (SSSR count). The predicted octanol–water partition coefficient (Wildman–Crippen LogP) is 2.29. The van der Waals surface area contributed by atoms with E-state index in [4.69, 9.17) is 5.73 Å². The van der Waals surface area contributed by atoms with E-state index in [1.165, 1.54) is 32.4 Å². The maximum atomic E-state index is 5.75. The SMILES string of the molecule is CCCC1CCN(Cc2cc(N)ccn2)C1. The number of nitrogens with two attached hydrogens (primary N) is 1. The molecule has 3 nitrogen and oxygen atoms in total. The predicted molar refractivity (Wildman–Crippen MR) is 66.9 cm³/mol. The fourth-order valence-electron chi connectivity index (χ4n) is 2.51. The van der Waals surface area contributed by atoms with Crippen LogP contribution >= 0.6 is 0 Å². The highest BCUT2D eigenvalue weighted by atomic mass is 15.1. The summed E-state index contributed by atoms with van der Waals surface area (Å²) in [6.45, 7) is 5.65. The van der Waals surface area contributed by atoms with Crippen LogP contribution in [0.3, 0.4) is 0 Å². The molecule has 0 aliphatic carbocycles. The highest BCUT2D eigenvalue weighted by molar-refractivity contribution is 5.37. The van der Waals surface area contributed by atoms with Crippen molar-refractivity contribution in [2.45, 2.75) is 32.7 Å². The van der Waals surface area contributed by atoms with Gasteiger partial charge in [0.25, 0.3) is 0 Å². The van der Waals surface area contributed by atoms with E-state index in [9.17, 15) is 0 Å². The van der Waals surface area contributed by atoms with Crippen molar-refractivity contribution in [1.29, 1.82) is 0 Å². The van der Waals surface area contributed by atoms with Crippen LogP contribution in [0.5, 0.6) is 0 Å². The Morgan fingerprint density at radius 2 is 2.44 bits per heavy atom. The first-order valence-electron chi connectivity index (χ1n) is 6.20. The largest absolute Gasteiger partial charge is 0.399 e. The van der Waals surface area contributed by atoms with Crippen LogP contribution in [0.25, 0.3) is 0 Å². The Kier molecular flexibility index (Phi) is 3.78. The second-order valence-corrected chi connectivity index (χ2v) is 4.76. The Morgan fingerprint density at radius 1 is 1.56 bits per heavy atom. The fraction of sp³-hybridized carbons (Fsp3) is 0.615. The standard InChI is InChI=1S/C13H21N3/c1-2-3-11-5-7-16(9-11)10-13-8-12(14)4-6-15-13/h4,6,8,11H,2-3,5,7,9-10H2,1H3,(H2,14,15). The molecule has 1 aliphatic heterocycles. The number of rotatable bonds is 4. The van der Waals surface area contributed by atoms with E-state index in [2.05, 4.69) is 16.8 Å². The summed E-state index contributed by atoms with van der Waals surface area (Å²) in [7, 11) is 0. The van der Waals surface area contributed by atoms with Gasteiger partial charge in [0.2, 0.25) is 0 Å². The van der Waals surface area contributed by atoms with Crippen molar-refractivity contribution < 1.29 is 0 Å². The molecule has 2 heterocycles. The van der Waals surface area contributed by atoms with Gasteiger partial charge in [-0.2, -0.15) is 0 Å². The van der Waals surface area contributed by atoms with Crippen LogP contribution in [0.4, 0.5) is 5.69 Å². The number of anilines is 1. The Balaban J connectivity index is 1.87. The molecule has 0 bridgehead atoms. The van der Waals surface area contributed by atoms with E-state index < -0.39 is 0 Å². The fourth-order valence-corrected chi connectivity index (χ4v) is 2.51. The monoisotopic (exact) mass is 219 g/mol. The molecule has 0 aromatic carbocycles. The average Bonchev–Trinajstić information content (AvgIpc) is 2.66. The molecule has 0 saturated carbocycles. The third kappa shape index (κ3) is 2.95. The molecular weight excluding hydrogens is 198 g/mol. The summed E-state index contributed by atoms with van der Waals surface area (Å²) in [6, 6.07) is 3.82. The minimum absolute atomic E-state index is 0.814. The van der Waals surface area contributed by atoms with Crippen LogP contribution in [0.1, 0.15) is 31.9 Å². The third-order valence-corrected chi connectivity index (χ3v) is 3.29. The molecule has 3 heteroatoms. The first kappa shape index (κ1) is 11.4. The molecule has 88 valence electrons. The topological polar surface area (TPSA) is 42.1 Å². The summed E-state index contributed by atoms with van der Waals surface area (Å²) in [5.74, 6) is 0.894. The zero-order valence-corrected chi connectivity index (χ0v) is 10.0. The van der Waals surface area contributed by atoms with Gasteiger partial charge >= 0.3 is 0 Å². The van der Waals surface area contributed by atoms with Crippen molar-refractivity contribution in [2.24, 2.45) is 5.92 Å². The maximum absolute atomic E-state index is 5.75. The molecule has 1 aromatic rings. The van der Waals surface area contributed by atoms with Crippen LogP contribution in [0.15, 0.2) is 18.3 Å². The summed E-state index contributed by atoms with van der Waals surface area (Å²) in [4.78, 5) is 6.84. The highest BCUT2D eigenvalue weighted by Gasteiger charge is 2.21. The van der Waals surface area contributed by atoms with Crippen molar-refractivity contribution in [1.82, 2.24) is 9.88 Å². The van der Waals surface area contributed by atoms with Gasteiger partial charge in [-0.3, -0.25) is 9.88 Å². The molecule has 1 saturated heterocycles. The first-order chi connectivity index (χ1) is 7.78. The van der Waals surface area contributed by atoms with Gasteiger partial charge in [-0.15, -0.1) is 0 Å². The minimum atomic E-state index is 0.814. The average molecular weight is 219 g/mol.